The molecule has 2 aliphatic rings. The molecule has 1 aliphatic carbocycles. The van der Waals surface area contributed by atoms with Crippen LogP contribution in [0.1, 0.15) is 42.7 Å². The Hall–Kier alpha value is -1.35. The fourth-order valence-corrected chi connectivity index (χ4v) is 3.35. The fraction of sp³-hybridized carbons (Fsp3) is 0.533. The summed E-state index contributed by atoms with van der Waals surface area (Å²) in [4.78, 5) is 12.0. The van der Waals surface area contributed by atoms with E-state index in [4.69, 9.17) is 5.11 Å². The van der Waals surface area contributed by atoms with Crippen molar-refractivity contribution in [1.29, 1.82) is 0 Å². The first-order valence-electron chi connectivity index (χ1n) is 6.84. The molecule has 18 heavy (non-hydrogen) atoms. The Kier molecular flexibility index (Phi) is 3.08. The van der Waals surface area contributed by atoms with Crippen molar-refractivity contribution < 1.29 is 9.90 Å². The van der Waals surface area contributed by atoms with Gasteiger partial charge in [0.05, 0.1) is 0 Å². The van der Waals surface area contributed by atoms with Crippen molar-refractivity contribution in [3.8, 4) is 0 Å². The molecular weight excluding hydrogens is 226 g/mol. The van der Waals surface area contributed by atoms with Crippen LogP contribution in [0.15, 0.2) is 18.2 Å². The summed E-state index contributed by atoms with van der Waals surface area (Å²) in [5, 5.41) is 11.9. The number of aliphatic hydroxyl groups is 1. The van der Waals surface area contributed by atoms with Gasteiger partial charge in [-0.25, -0.2) is 0 Å². The predicted octanol–water partition coefficient (Wildman–Crippen LogP) is 2.45. The maximum absolute atomic E-state index is 12.0. The van der Waals surface area contributed by atoms with E-state index in [1.165, 1.54) is 11.1 Å². The quantitative estimate of drug-likeness (QED) is 0.859. The SMILES string of the molecule is O=C1Nc2cc(CCCO)ccc2C2CCCC12. The molecule has 0 aromatic heterocycles. The zero-order valence-electron chi connectivity index (χ0n) is 10.5. The topological polar surface area (TPSA) is 49.3 Å². The standard InChI is InChI=1S/C15H19NO2/c17-8-2-3-10-6-7-12-11-4-1-5-13(11)15(18)16-14(12)9-10/h6-7,9,11,13,17H,1-5,8H2,(H,16,18). The van der Waals surface area contributed by atoms with Crippen LogP contribution in [0.25, 0.3) is 0 Å². The highest BCUT2D eigenvalue weighted by Gasteiger charge is 2.38. The normalized spacial score (nSPS) is 25.5. The minimum atomic E-state index is 0.195. The van der Waals surface area contributed by atoms with E-state index in [1.807, 2.05) is 0 Å². The lowest BCUT2D eigenvalue weighted by molar-refractivity contribution is -0.120. The van der Waals surface area contributed by atoms with Gasteiger partial charge in [0.1, 0.15) is 0 Å². The maximum Gasteiger partial charge on any atom is 0.228 e. The molecule has 1 amide bonds. The Morgan fingerprint density at radius 2 is 2.11 bits per heavy atom. The number of nitrogens with one attached hydrogen (secondary N) is 1. The summed E-state index contributed by atoms with van der Waals surface area (Å²) in [6.07, 6.45) is 4.98. The molecule has 1 aliphatic heterocycles. The van der Waals surface area contributed by atoms with Crippen molar-refractivity contribution in [3.63, 3.8) is 0 Å². The van der Waals surface area contributed by atoms with E-state index in [9.17, 15) is 4.79 Å². The van der Waals surface area contributed by atoms with E-state index in [0.29, 0.717) is 5.92 Å². The van der Waals surface area contributed by atoms with Gasteiger partial charge in [0, 0.05) is 18.2 Å². The number of hydrogen-bond donors (Lipinski definition) is 2. The van der Waals surface area contributed by atoms with E-state index < -0.39 is 0 Å². The fourth-order valence-electron chi connectivity index (χ4n) is 3.35. The molecule has 1 aromatic carbocycles. The van der Waals surface area contributed by atoms with Crippen LogP contribution in [0.2, 0.25) is 0 Å². The number of fused-ring (bicyclic) bond motifs is 3. The van der Waals surface area contributed by atoms with Crippen molar-refractivity contribution in [2.75, 3.05) is 11.9 Å². The number of aliphatic hydroxyl groups excluding tert-OH is 1. The highest BCUT2D eigenvalue weighted by atomic mass is 16.2. The zero-order chi connectivity index (χ0) is 12.5. The Bertz CT molecular complexity index is 470. The second-order valence-electron chi connectivity index (χ2n) is 5.38. The molecule has 2 atom stereocenters. The van der Waals surface area contributed by atoms with Gasteiger partial charge < -0.3 is 10.4 Å². The molecule has 0 saturated heterocycles. The van der Waals surface area contributed by atoms with Crippen LogP contribution in [-0.2, 0) is 11.2 Å². The average Bonchev–Trinajstić information content (AvgIpc) is 2.86. The Labute approximate surface area is 107 Å². The number of aryl methyl sites for hydroxylation is 1. The summed E-state index contributed by atoms with van der Waals surface area (Å²) in [5.74, 6) is 0.825. The smallest absolute Gasteiger partial charge is 0.228 e. The van der Waals surface area contributed by atoms with E-state index in [0.717, 1.165) is 37.8 Å². The third-order valence-corrected chi connectivity index (χ3v) is 4.25. The first kappa shape index (κ1) is 11.7. The van der Waals surface area contributed by atoms with Crippen molar-refractivity contribution >= 4 is 11.6 Å². The lowest BCUT2D eigenvalue weighted by atomic mass is 9.83. The van der Waals surface area contributed by atoms with Crippen LogP contribution in [0, 0.1) is 5.92 Å². The van der Waals surface area contributed by atoms with Gasteiger partial charge in [-0.2, -0.15) is 0 Å². The maximum atomic E-state index is 12.0. The second kappa shape index (κ2) is 4.73. The lowest BCUT2D eigenvalue weighted by Crippen LogP contribution is -2.30. The lowest BCUT2D eigenvalue weighted by Gasteiger charge is -2.28. The molecule has 0 radical (unpaired) electrons. The van der Waals surface area contributed by atoms with Crippen LogP contribution >= 0.6 is 0 Å². The van der Waals surface area contributed by atoms with E-state index in [-0.39, 0.29) is 18.4 Å². The molecule has 0 bridgehead atoms. The Morgan fingerprint density at radius 1 is 1.28 bits per heavy atom. The number of benzene rings is 1. The third-order valence-electron chi connectivity index (χ3n) is 4.25. The van der Waals surface area contributed by atoms with E-state index in [2.05, 4.69) is 23.5 Å². The van der Waals surface area contributed by atoms with Gasteiger partial charge in [-0.1, -0.05) is 18.6 Å². The largest absolute Gasteiger partial charge is 0.396 e. The van der Waals surface area contributed by atoms with E-state index >= 15 is 0 Å². The highest BCUT2D eigenvalue weighted by molar-refractivity contribution is 5.97. The zero-order valence-corrected chi connectivity index (χ0v) is 10.5. The van der Waals surface area contributed by atoms with Gasteiger partial charge >= 0.3 is 0 Å². The van der Waals surface area contributed by atoms with Gasteiger partial charge in [-0.15, -0.1) is 0 Å². The molecular formula is C15H19NO2. The minimum Gasteiger partial charge on any atom is -0.396 e. The van der Waals surface area contributed by atoms with Crippen molar-refractivity contribution in [2.45, 2.75) is 38.0 Å². The van der Waals surface area contributed by atoms with Crippen LogP contribution in [0.4, 0.5) is 5.69 Å². The molecule has 2 unspecified atom stereocenters. The first-order valence-corrected chi connectivity index (χ1v) is 6.84. The minimum absolute atomic E-state index is 0.195. The molecule has 96 valence electrons. The molecule has 1 fully saturated rings. The summed E-state index contributed by atoms with van der Waals surface area (Å²) < 4.78 is 0. The van der Waals surface area contributed by atoms with Gasteiger partial charge in [-0.3, -0.25) is 4.79 Å². The number of anilines is 1. The van der Waals surface area contributed by atoms with Crippen LogP contribution in [0.3, 0.4) is 0 Å². The number of carbonyl (C=O) groups is 1. The summed E-state index contributed by atoms with van der Waals surface area (Å²) in [6.45, 7) is 0.216. The molecule has 3 nitrogen and oxygen atoms in total. The number of amides is 1. The highest BCUT2D eigenvalue weighted by Crippen LogP contribution is 2.46. The van der Waals surface area contributed by atoms with Gasteiger partial charge in [0.2, 0.25) is 5.91 Å². The van der Waals surface area contributed by atoms with Crippen molar-refractivity contribution in [3.05, 3.63) is 29.3 Å². The van der Waals surface area contributed by atoms with Gasteiger partial charge in [0.15, 0.2) is 0 Å². The van der Waals surface area contributed by atoms with Gasteiger partial charge in [-0.05, 0) is 48.8 Å². The average molecular weight is 245 g/mol. The number of hydrogen-bond acceptors (Lipinski definition) is 2. The molecule has 3 rings (SSSR count). The Balaban J connectivity index is 1.90. The Morgan fingerprint density at radius 3 is 2.94 bits per heavy atom. The monoisotopic (exact) mass is 245 g/mol. The number of carbonyl (C=O) groups excluding carboxylic acids is 1. The summed E-state index contributed by atoms with van der Waals surface area (Å²) in [6, 6.07) is 6.39. The van der Waals surface area contributed by atoms with Crippen molar-refractivity contribution in [1.82, 2.24) is 0 Å². The summed E-state index contributed by atoms with van der Waals surface area (Å²) >= 11 is 0. The van der Waals surface area contributed by atoms with Crippen LogP contribution in [0.5, 0.6) is 0 Å². The molecule has 1 aromatic rings. The first-order chi connectivity index (χ1) is 8.79. The predicted molar refractivity (Wildman–Crippen MR) is 70.6 cm³/mol. The van der Waals surface area contributed by atoms with Crippen LogP contribution < -0.4 is 5.32 Å². The molecule has 3 heteroatoms. The summed E-state index contributed by atoms with van der Waals surface area (Å²) in [5.41, 5.74) is 3.50. The summed E-state index contributed by atoms with van der Waals surface area (Å²) in [7, 11) is 0. The third kappa shape index (κ3) is 1.93. The van der Waals surface area contributed by atoms with Gasteiger partial charge in [0.25, 0.3) is 0 Å². The number of rotatable bonds is 3. The molecule has 1 heterocycles. The van der Waals surface area contributed by atoms with Crippen molar-refractivity contribution in [2.24, 2.45) is 5.92 Å². The molecule has 2 N–H and O–H groups in total. The van der Waals surface area contributed by atoms with E-state index in [1.54, 1.807) is 0 Å². The second-order valence-corrected chi connectivity index (χ2v) is 5.38. The van der Waals surface area contributed by atoms with Crippen LogP contribution in [-0.4, -0.2) is 17.6 Å². The molecule has 1 saturated carbocycles. The molecule has 0 spiro atoms.